The molecule has 0 aromatic heterocycles. The molecule has 0 spiro atoms. The molecule has 0 unspecified atom stereocenters. The number of rotatable bonds is 7. The first-order valence-electron chi connectivity index (χ1n) is 10.8. The minimum atomic E-state index is -2.86. The van der Waals surface area contributed by atoms with Crippen molar-refractivity contribution in [2.45, 2.75) is 70.7 Å². The van der Waals surface area contributed by atoms with E-state index in [0.717, 1.165) is 10.4 Å². The van der Waals surface area contributed by atoms with E-state index >= 15 is 0 Å². The van der Waals surface area contributed by atoms with Gasteiger partial charge in [-0.1, -0.05) is 88.4 Å². The van der Waals surface area contributed by atoms with Crippen molar-refractivity contribution in [1.29, 1.82) is 0 Å². The molecule has 1 heterocycles. The summed E-state index contributed by atoms with van der Waals surface area (Å²) in [6.45, 7) is 11.9. The van der Waals surface area contributed by atoms with Crippen molar-refractivity contribution in [3.8, 4) is 0 Å². The van der Waals surface area contributed by atoms with Crippen molar-refractivity contribution in [3.63, 3.8) is 0 Å². The average molecular weight is 440 g/mol. The van der Waals surface area contributed by atoms with Gasteiger partial charge in [-0.15, -0.1) is 0 Å². The Morgan fingerprint density at radius 1 is 1.10 bits per heavy atom. The first-order valence-corrected chi connectivity index (χ1v) is 12.8. The number of ketones is 1. The second kappa shape index (κ2) is 8.59. The van der Waals surface area contributed by atoms with Crippen LogP contribution in [0.4, 0.5) is 4.79 Å². The molecule has 2 aromatic carbocycles. The highest BCUT2D eigenvalue weighted by Gasteiger charge is 2.58. The summed E-state index contributed by atoms with van der Waals surface area (Å²) in [5.74, 6) is -0.141. The Hall–Kier alpha value is -2.44. The van der Waals surface area contributed by atoms with Gasteiger partial charge in [-0.3, -0.25) is 4.79 Å². The van der Waals surface area contributed by atoms with Crippen LogP contribution in [0, 0.1) is 0 Å². The van der Waals surface area contributed by atoms with E-state index in [1.165, 1.54) is 6.92 Å². The summed E-state index contributed by atoms with van der Waals surface area (Å²) in [6, 6.07) is 19.9. The van der Waals surface area contributed by atoms with Crippen LogP contribution < -0.4 is 15.7 Å². The van der Waals surface area contributed by atoms with Gasteiger partial charge in [0.25, 0.3) is 8.32 Å². The van der Waals surface area contributed by atoms with Gasteiger partial charge >= 0.3 is 6.09 Å². The fraction of sp³-hybridized carbons (Fsp3) is 0.440. The summed E-state index contributed by atoms with van der Waals surface area (Å²) in [5.41, 5.74) is -1.09. The highest BCUT2D eigenvalue weighted by atomic mass is 28.4. The summed E-state index contributed by atoms with van der Waals surface area (Å²) in [7, 11) is -2.86. The molecule has 31 heavy (non-hydrogen) atoms. The predicted molar refractivity (Wildman–Crippen MR) is 125 cm³/mol. The van der Waals surface area contributed by atoms with Crippen molar-refractivity contribution in [2.75, 3.05) is 0 Å². The highest BCUT2D eigenvalue weighted by Crippen LogP contribution is 2.41. The van der Waals surface area contributed by atoms with E-state index in [-0.39, 0.29) is 10.8 Å². The van der Waals surface area contributed by atoms with Gasteiger partial charge in [0.1, 0.15) is 6.04 Å². The van der Waals surface area contributed by atoms with Crippen LogP contribution >= 0.6 is 0 Å². The summed E-state index contributed by atoms with van der Waals surface area (Å²) < 4.78 is 12.9. The molecule has 3 atom stereocenters. The molecule has 166 valence electrons. The van der Waals surface area contributed by atoms with Crippen LogP contribution in [0.1, 0.15) is 48.0 Å². The lowest BCUT2D eigenvalue weighted by Gasteiger charge is -2.48. The number of carbonyl (C=O) groups is 2. The van der Waals surface area contributed by atoms with Crippen molar-refractivity contribution in [1.82, 2.24) is 5.32 Å². The number of Topliss-reactive ketones (excluding diaryl/α,β-unsaturated/α-hetero) is 1. The van der Waals surface area contributed by atoms with Crippen LogP contribution in [0.15, 0.2) is 60.7 Å². The van der Waals surface area contributed by atoms with Gasteiger partial charge in [-0.2, -0.15) is 0 Å². The van der Waals surface area contributed by atoms with E-state index in [2.05, 4.69) is 50.4 Å². The molecular weight excluding hydrogens is 406 g/mol. The minimum absolute atomic E-state index is 0.141. The quantitative estimate of drug-likeness (QED) is 0.667. The number of hydrogen-bond acceptors (Lipinski definition) is 4. The molecular formula is C25H33NO4Si. The molecule has 6 heteroatoms. The summed E-state index contributed by atoms with van der Waals surface area (Å²) >= 11 is 0. The monoisotopic (exact) mass is 439 g/mol. The van der Waals surface area contributed by atoms with Gasteiger partial charge in [0, 0.05) is 0 Å². The maximum Gasteiger partial charge on any atom is 0.408 e. The van der Waals surface area contributed by atoms with Crippen LogP contribution in [0.3, 0.4) is 0 Å². The summed E-state index contributed by atoms with van der Waals surface area (Å²) in [6.07, 6.45) is -0.446. The van der Waals surface area contributed by atoms with Crippen molar-refractivity contribution >= 4 is 30.6 Å². The van der Waals surface area contributed by atoms with Gasteiger partial charge in [0.15, 0.2) is 11.4 Å². The lowest BCUT2D eigenvalue weighted by atomic mass is 9.87. The predicted octanol–water partition coefficient (Wildman–Crippen LogP) is 3.80. The zero-order chi connectivity index (χ0) is 22.9. The maximum absolute atomic E-state index is 12.4. The van der Waals surface area contributed by atoms with Crippen LogP contribution in [0.2, 0.25) is 5.04 Å². The van der Waals surface area contributed by atoms with Crippen LogP contribution in [0.5, 0.6) is 0 Å². The standard InChI is InChI=1S/C25H33NO4Si/c1-7-21(25(6)22(18(2)27)26-23(28)29-25)30-31(24(3,4)5,19-14-10-8-11-15-19)20-16-12-9-13-17-20/h8-17,21-22H,7H2,1-6H3,(H,26,28)/t21-,22-,25-/m1/s1. The Morgan fingerprint density at radius 2 is 1.58 bits per heavy atom. The van der Waals surface area contributed by atoms with E-state index in [1.54, 1.807) is 0 Å². The SMILES string of the molecule is CC[C@@H](O[Si](c1ccccc1)(c1ccccc1)C(C)(C)C)[C@@]1(C)OC(=O)N[C@@H]1C(C)=O. The van der Waals surface area contributed by atoms with Gasteiger partial charge < -0.3 is 14.5 Å². The second-order valence-corrected chi connectivity index (χ2v) is 13.7. The molecule has 1 aliphatic heterocycles. The van der Waals surface area contributed by atoms with E-state index < -0.39 is 32.2 Å². The third-order valence-corrected chi connectivity index (χ3v) is 11.3. The Labute approximate surface area is 186 Å². The molecule has 1 saturated heterocycles. The minimum Gasteiger partial charge on any atom is -0.438 e. The number of nitrogens with one attached hydrogen (secondary N) is 1. The molecule has 3 rings (SSSR count). The number of cyclic esters (lactones) is 1. The Balaban J connectivity index is 2.21. The molecule has 0 bridgehead atoms. The second-order valence-electron chi connectivity index (χ2n) is 9.44. The smallest absolute Gasteiger partial charge is 0.408 e. The maximum atomic E-state index is 12.4. The van der Waals surface area contributed by atoms with E-state index in [1.807, 2.05) is 50.2 Å². The molecule has 1 aliphatic rings. The number of carbonyl (C=O) groups excluding carboxylic acids is 2. The number of benzene rings is 2. The Morgan fingerprint density at radius 3 is 1.97 bits per heavy atom. The van der Waals surface area contributed by atoms with Gasteiger partial charge in [0.2, 0.25) is 0 Å². The highest BCUT2D eigenvalue weighted by molar-refractivity contribution is 6.99. The topological polar surface area (TPSA) is 64.6 Å². The van der Waals surface area contributed by atoms with Crippen LogP contribution in [0.25, 0.3) is 0 Å². The summed E-state index contributed by atoms with van der Waals surface area (Å²) in [5, 5.41) is 4.76. The molecule has 0 aliphatic carbocycles. The Bertz CT molecular complexity index is 886. The first-order chi connectivity index (χ1) is 14.6. The largest absolute Gasteiger partial charge is 0.438 e. The van der Waals surface area contributed by atoms with Crippen molar-refractivity contribution < 1.29 is 18.8 Å². The molecule has 0 saturated carbocycles. The molecule has 5 nitrogen and oxygen atoms in total. The van der Waals surface area contributed by atoms with Crippen molar-refractivity contribution in [3.05, 3.63) is 60.7 Å². The van der Waals surface area contributed by atoms with Gasteiger partial charge in [-0.05, 0) is 35.7 Å². The van der Waals surface area contributed by atoms with Crippen LogP contribution in [-0.2, 0) is 14.0 Å². The van der Waals surface area contributed by atoms with Crippen molar-refractivity contribution in [2.24, 2.45) is 0 Å². The molecule has 0 radical (unpaired) electrons. The first kappa shape index (κ1) is 23.2. The molecule has 1 amide bonds. The number of amides is 1. The molecule has 1 N–H and O–H groups in total. The van der Waals surface area contributed by atoms with Gasteiger partial charge in [-0.25, -0.2) is 4.79 Å². The molecule has 2 aromatic rings. The fourth-order valence-electron chi connectivity index (χ4n) is 4.82. The van der Waals surface area contributed by atoms with E-state index in [9.17, 15) is 9.59 Å². The normalized spacial score (nSPS) is 22.5. The summed E-state index contributed by atoms with van der Waals surface area (Å²) in [4.78, 5) is 24.6. The zero-order valence-electron chi connectivity index (χ0n) is 19.3. The number of ether oxygens (including phenoxy) is 1. The Kier molecular flexibility index (Phi) is 6.44. The number of alkyl carbamates (subject to hydrolysis) is 1. The fourth-order valence-corrected chi connectivity index (χ4v) is 9.66. The van der Waals surface area contributed by atoms with Crippen LogP contribution in [-0.4, -0.2) is 37.9 Å². The molecule has 1 fully saturated rings. The lowest BCUT2D eigenvalue weighted by molar-refractivity contribution is -0.126. The third-order valence-electron chi connectivity index (χ3n) is 6.30. The van der Waals surface area contributed by atoms with Gasteiger partial charge in [0.05, 0.1) is 6.10 Å². The number of hydrogen-bond donors (Lipinski definition) is 1. The van der Waals surface area contributed by atoms with E-state index in [4.69, 9.17) is 9.16 Å². The third kappa shape index (κ3) is 4.06. The van der Waals surface area contributed by atoms with E-state index in [0.29, 0.717) is 6.42 Å². The lowest BCUT2D eigenvalue weighted by Crippen LogP contribution is -2.70. The zero-order valence-corrected chi connectivity index (χ0v) is 20.3. The average Bonchev–Trinajstić information content (AvgIpc) is 3.04.